The fourth-order valence-electron chi connectivity index (χ4n) is 3.00. The summed E-state index contributed by atoms with van der Waals surface area (Å²) in [5, 5.41) is 18.5. The minimum absolute atomic E-state index is 0.109. The van der Waals surface area contributed by atoms with Gasteiger partial charge in [0.05, 0.1) is 23.4 Å². The molecule has 0 spiro atoms. The maximum Gasteiger partial charge on any atom is 0.311 e. The van der Waals surface area contributed by atoms with E-state index in [2.05, 4.69) is 10.4 Å². The number of amides is 1. The average Bonchev–Trinajstić information content (AvgIpc) is 2.99. The number of ether oxygens (including phenoxy) is 1. The molecule has 1 aromatic heterocycles. The fraction of sp³-hybridized carbons (Fsp3) is 0.200. The molecular formula is C20H20N4O4. The summed E-state index contributed by atoms with van der Waals surface area (Å²) in [4.78, 5) is 23.1. The molecule has 0 saturated heterocycles. The van der Waals surface area contributed by atoms with Crippen LogP contribution in [0.1, 0.15) is 27.3 Å². The van der Waals surface area contributed by atoms with Crippen molar-refractivity contribution >= 4 is 11.6 Å². The van der Waals surface area contributed by atoms with Crippen LogP contribution in [0.2, 0.25) is 0 Å². The molecule has 8 heteroatoms. The van der Waals surface area contributed by atoms with Crippen LogP contribution in [-0.4, -0.2) is 27.7 Å². The van der Waals surface area contributed by atoms with E-state index < -0.39 is 10.8 Å². The van der Waals surface area contributed by atoms with E-state index in [1.54, 1.807) is 0 Å². The quantitative estimate of drug-likeness (QED) is 0.522. The molecular weight excluding hydrogens is 360 g/mol. The molecule has 0 saturated carbocycles. The molecule has 1 heterocycles. The molecule has 0 unspecified atom stereocenters. The molecule has 0 aliphatic carbocycles. The van der Waals surface area contributed by atoms with Gasteiger partial charge in [-0.25, -0.2) is 4.68 Å². The van der Waals surface area contributed by atoms with Crippen molar-refractivity contribution in [1.29, 1.82) is 0 Å². The Bertz CT molecular complexity index is 1030. The van der Waals surface area contributed by atoms with E-state index in [1.807, 2.05) is 48.9 Å². The van der Waals surface area contributed by atoms with Gasteiger partial charge in [-0.1, -0.05) is 18.2 Å². The molecule has 3 aromatic rings. The maximum atomic E-state index is 12.5. The van der Waals surface area contributed by atoms with Crippen molar-refractivity contribution in [3.05, 3.63) is 81.2 Å². The number of benzene rings is 2. The highest BCUT2D eigenvalue weighted by molar-refractivity contribution is 5.95. The number of nitrogens with one attached hydrogen (secondary N) is 1. The van der Waals surface area contributed by atoms with Crippen molar-refractivity contribution < 1.29 is 14.5 Å². The number of hydrogen-bond acceptors (Lipinski definition) is 5. The zero-order chi connectivity index (χ0) is 20.3. The lowest BCUT2D eigenvalue weighted by Gasteiger charge is -2.08. The number of nitro benzene ring substituents is 1. The van der Waals surface area contributed by atoms with Crippen molar-refractivity contribution in [2.24, 2.45) is 0 Å². The molecule has 1 N–H and O–H groups in total. The molecule has 0 radical (unpaired) electrons. The molecule has 3 rings (SSSR count). The normalized spacial score (nSPS) is 10.5. The van der Waals surface area contributed by atoms with Crippen molar-refractivity contribution in [3.8, 4) is 11.4 Å². The van der Waals surface area contributed by atoms with Crippen LogP contribution >= 0.6 is 0 Å². The Morgan fingerprint density at radius 3 is 2.57 bits per heavy atom. The van der Waals surface area contributed by atoms with E-state index in [1.165, 1.54) is 25.3 Å². The minimum atomic E-state index is -0.576. The Hall–Kier alpha value is -3.68. The molecule has 144 valence electrons. The number of carbonyl (C=O) groups is 1. The molecule has 0 fully saturated rings. The third-order valence-electron chi connectivity index (χ3n) is 4.51. The molecule has 8 nitrogen and oxygen atoms in total. The second kappa shape index (κ2) is 7.91. The second-order valence-electron chi connectivity index (χ2n) is 6.22. The zero-order valence-corrected chi connectivity index (χ0v) is 15.8. The molecule has 0 aliphatic heterocycles. The number of aromatic nitrogens is 2. The predicted molar refractivity (Wildman–Crippen MR) is 104 cm³/mol. The summed E-state index contributed by atoms with van der Waals surface area (Å²) >= 11 is 0. The zero-order valence-electron chi connectivity index (χ0n) is 15.8. The first-order valence-electron chi connectivity index (χ1n) is 8.63. The van der Waals surface area contributed by atoms with E-state index >= 15 is 0 Å². The Morgan fingerprint density at radius 2 is 1.93 bits per heavy atom. The van der Waals surface area contributed by atoms with Gasteiger partial charge in [0.25, 0.3) is 5.91 Å². The number of hydrogen-bond donors (Lipinski definition) is 1. The first kappa shape index (κ1) is 19.1. The molecule has 0 bridgehead atoms. The lowest BCUT2D eigenvalue weighted by atomic mass is 10.1. The summed E-state index contributed by atoms with van der Waals surface area (Å²) in [7, 11) is 1.35. The number of rotatable bonds is 6. The van der Waals surface area contributed by atoms with Crippen LogP contribution in [0.3, 0.4) is 0 Å². The average molecular weight is 380 g/mol. The van der Waals surface area contributed by atoms with Gasteiger partial charge in [-0.2, -0.15) is 5.10 Å². The first-order valence-corrected chi connectivity index (χ1v) is 8.63. The third kappa shape index (κ3) is 3.71. The van der Waals surface area contributed by atoms with Gasteiger partial charge in [0, 0.05) is 29.4 Å². The Kier molecular flexibility index (Phi) is 5.39. The highest BCUT2D eigenvalue weighted by Crippen LogP contribution is 2.27. The van der Waals surface area contributed by atoms with Crippen molar-refractivity contribution in [2.45, 2.75) is 20.4 Å². The van der Waals surface area contributed by atoms with E-state index in [0.717, 1.165) is 22.6 Å². The first-order chi connectivity index (χ1) is 13.4. The number of para-hydroxylation sites is 1. The standard InChI is InChI=1S/C20H20N4O4/c1-13-17(14(2)23(22-13)16-7-5-4-6-8-16)12-21-20(25)15-9-10-19(28-3)18(11-15)24(26)27/h4-11H,12H2,1-3H3,(H,21,25). The van der Waals surface area contributed by atoms with Crippen LogP contribution < -0.4 is 10.1 Å². The van der Waals surface area contributed by atoms with Crippen LogP contribution in [0.4, 0.5) is 5.69 Å². The van der Waals surface area contributed by atoms with Crippen molar-refractivity contribution in [2.75, 3.05) is 7.11 Å². The maximum absolute atomic E-state index is 12.5. The lowest BCUT2D eigenvalue weighted by molar-refractivity contribution is -0.385. The van der Waals surface area contributed by atoms with E-state index in [4.69, 9.17) is 4.74 Å². The summed E-state index contributed by atoms with van der Waals surface area (Å²) < 4.78 is 6.79. The molecule has 0 aliphatic rings. The van der Waals surface area contributed by atoms with Crippen molar-refractivity contribution in [1.82, 2.24) is 15.1 Å². The Morgan fingerprint density at radius 1 is 1.21 bits per heavy atom. The van der Waals surface area contributed by atoms with E-state index in [9.17, 15) is 14.9 Å². The van der Waals surface area contributed by atoms with Gasteiger partial charge in [0.15, 0.2) is 5.75 Å². The van der Waals surface area contributed by atoms with Crippen molar-refractivity contribution in [3.63, 3.8) is 0 Å². The molecule has 2 aromatic carbocycles. The third-order valence-corrected chi connectivity index (χ3v) is 4.51. The number of aryl methyl sites for hydroxylation is 1. The molecule has 28 heavy (non-hydrogen) atoms. The highest BCUT2D eigenvalue weighted by Gasteiger charge is 2.19. The Balaban J connectivity index is 1.80. The van der Waals surface area contributed by atoms with Gasteiger partial charge in [0.2, 0.25) is 0 Å². The van der Waals surface area contributed by atoms with Crippen LogP contribution in [0.15, 0.2) is 48.5 Å². The SMILES string of the molecule is COc1ccc(C(=O)NCc2c(C)nn(-c3ccccc3)c2C)cc1[N+](=O)[O-]. The van der Waals surface area contributed by atoms with Crippen LogP contribution in [0, 0.1) is 24.0 Å². The Labute approximate surface area is 161 Å². The fourth-order valence-corrected chi connectivity index (χ4v) is 3.00. The minimum Gasteiger partial charge on any atom is -0.490 e. The van der Waals surface area contributed by atoms with Crippen LogP contribution in [0.5, 0.6) is 5.75 Å². The van der Waals surface area contributed by atoms with Gasteiger partial charge in [0.1, 0.15) is 0 Å². The van der Waals surface area contributed by atoms with Gasteiger partial charge in [-0.05, 0) is 38.1 Å². The van der Waals surface area contributed by atoms with E-state index in [-0.39, 0.29) is 23.5 Å². The smallest absolute Gasteiger partial charge is 0.311 e. The topological polar surface area (TPSA) is 99.3 Å². The highest BCUT2D eigenvalue weighted by atomic mass is 16.6. The monoisotopic (exact) mass is 380 g/mol. The summed E-state index contributed by atoms with van der Waals surface area (Å²) in [5.74, 6) is -0.297. The largest absolute Gasteiger partial charge is 0.490 e. The van der Waals surface area contributed by atoms with Crippen LogP contribution in [-0.2, 0) is 6.54 Å². The molecule has 1 amide bonds. The number of methoxy groups -OCH3 is 1. The van der Waals surface area contributed by atoms with Gasteiger partial charge in [-0.3, -0.25) is 14.9 Å². The van der Waals surface area contributed by atoms with E-state index in [0.29, 0.717) is 0 Å². The second-order valence-corrected chi connectivity index (χ2v) is 6.22. The van der Waals surface area contributed by atoms with Gasteiger partial charge < -0.3 is 10.1 Å². The summed E-state index contributed by atoms with van der Waals surface area (Å²) in [6.07, 6.45) is 0. The summed E-state index contributed by atoms with van der Waals surface area (Å²) in [6, 6.07) is 13.8. The number of carbonyl (C=O) groups excluding carboxylic acids is 1. The summed E-state index contributed by atoms with van der Waals surface area (Å²) in [5.41, 5.74) is 3.51. The lowest BCUT2D eigenvalue weighted by Crippen LogP contribution is -2.23. The molecule has 0 atom stereocenters. The number of nitrogens with zero attached hydrogens (tertiary/aromatic N) is 3. The predicted octanol–water partition coefficient (Wildman–Crippen LogP) is 3.34. The van der Waals surface area contributed by atoms with Gasteiger partial charge >= 0.3 is 5.69 Å². The number of nitro groups is 1. The van der Waals surface area contributed by atoms with Gasteiger partial charge in [-0.15, -0.1) is 0 Å². The summed E-state index contributed by atoms with van der Waals surface area (Å²) in [6.45, 7) is 4.09. The van der Waals surface area contributed by atoms with Crippen LogP contribution in [0.25, 0.3) is 5.69 Å².